The molecule has 0 fully saturated rings. The zero-order valence-corrected chi connectivity index (χ0v) is 25.4. The molecule has 0 saturated carbocycles. The van der Waals surface area contributed by atoms with Crippen LogP contribution in [-0.4, -0.2) is 49.6 Å². The van der Waals surface area contributed by atoms with Crippen molar-refractivity contribution >= 4 is 57.0 Å². The van der Waals surface area contributed by atoms with Crippen molar-refractivity contribution in [3.8, 4) is 23.1 Å². The Morgan fingerprint density at radius 1 is 1.00 bits per heavy atom. The van der Waals surface area contributed by atoms with Crippen LogP contribution in [0.5, 0.6) is 11.5 Å². The van der Waals surface area contributed by atoms with E-state index in [1.807, 2.05) is 49.3 Å². The molecular weight excluding hydrogens is 594 g/mol. The average Bonchev–Trinajstić information content (AvgIpc) is 3.49. The summed E-state index contributed by atoms with van der Waals surface area (Å²) in [6.07, 6.45) is 1.50. The summed E-state index contributed by atoms with van der Waals surface area (Å²) in [6, 6.07) is 26.5. The second-order valence-corrected chi connectivity index (χ2v) is 10.7. The monoisotopic (exact) mass is 621 g/mol. The normalized spacial score (nSPS) is 11.3. The number of methoxy groups -OCH3 is 1. The first-order valence-electron chi connectivity index (χ1n) is 13.9. The molecule has 0 bridgehead atoms. The van der Waals surface area contributed by atoms with Crippen LogP contribution in [0.25, 0.3) is 33.5 Å². The second kappa shape index (κ2) is 12.6. The van der Waals surface area contributed by atoms with Crippen LogP contribution in [0.15, 0.2) is 105 Å². The fourth-order valence-electron chi connectivity index (χ4n) is 4.74. The summed E-state index contributed by atoms with van der Waals surface area (Å²) in [5.74, 6) is 1.22. The Morgan fingerprint density at radius 3 is 2.58 bits per heavy atom. The maximum absolute atomic E-state index is 13.8. The van der Waals surface area contributed by atoms with Gasteiger partial charge in [-0.15, -0.1) is 0 Å². The van der Waals surface area contributed by atoms with Gasteiger partial charge in [-0.25, -0.2) is 4.98 Å². The lowest BCUT2D eigenvalue weighted by atomic mass is 10.2. The number of rotatable bonds is 9. The van der Waals surface area contributed by atoms with E-state index in [2.05, 4.69) is 10.4 Å². The predicted octanol–water partition coefficient (Wildman–Crippen LogP) is 6.44. The summed E-state index contributed by atoms with van der Waals surface area (Å²) in [5, 5.41) is 9.05. The second-order valence-electron chi connectivity index (χ2n) is 10.3. The Hall–Kier alpha value is -5.61. The van der Waals surface area contributed by atoms with Gasteiger partial charge in [0.1, 0.15) is 17.1 Å². The molecule has 2 aromatic heterocycles. The molecule has 1 amide bonds. The van der Waals surface area contributed by atoms with E-state index in [0.29, 0.717) is 50.0 Å². The van der Waals surface area contributed by atoms with Crippen molar-refractivity contribution in [1.82, 2.24) is 9.66 Å². The highest BCUT2D eigenvalue weighted by Gasteiger charge is 2.18. The van der Waals surface area contributed by atoms with E-state index in [1.54, 1.807) is 67.8 Å². The molecule has 0 atom stereocenters. The third-order valence-electron chi connectivity index (χ3n) is 7.03. The average molecular weight is 622 g/mol. The highest BCUT2D eigenvalue weighted by Crippen LogP contribution is 2.33. The van der Waals surface area contributed by atoms with E-state index >= 15 is 0 Å². The molecule has 0 saturated heterocycles. The lowest BCUT2D eigenvalue weighted by molar-refractivity contribution is -0.118. The number of halogens is 1. The number of hydrogen-bond acceptors (Lipinski definition) is 8. The number of aromatic nitrogens is 2. The first-order valence-corrected chi connectivity index (χ1v) is 14.3. The van der Waals surface area contributed by atoms with Gasteiger partial charge in [0.2, 0.25) is 5.82 Å². The summed E-state index contributed by atoms with van der Waals surface area (Å²) < 4.78 is 18.8. The third-order valence-corrected chi connectivity index (χ3v) is 7.28. The van der Waals surface area contributed by atoms with E-state index in [4.69, 9.17) is 30.5 Å². The number of furan rings is 1. The molecule has 6 rings (SSSR count). The number of carbonyl (C=O) groups is 1. The Morgan fingerprint density at radius 2 is 1.80 bits per heavy atom. The number of amides is 1. The minimum atomic E-state index is -0.381. The molecule has 6 aromatic rings. The molecule has 4 aromatic carbocycles. The Labute approximate surface area is 263 Å². The number of para-hydroxylation sites is 1. The fourth-order valence-corrected chi connectivity index (χ4v) is 4.87. The van der Waals surface area contributed by atoms with Gasteiger partial charge in [0, 0.05) is 42.1 Å². The summed E-state index contributed by atoms with van der Waals surface area (Å²) >= 11 is 5.95. The molecule has 0 unspecified atom stereocenters. The highest BCUT2D eigenvalue weighted by atomic mass is 35.5. The van der Waals surface area contributed by atoms with Gasteiger partial charge in [0.05, 0.1) is 29.6 Å². The van der Waals surface area contributed by atoms with Gasteiger partial charge in [0.15, 0.2) is 12.4 Å². The van der Waals surface area contributed by atoms with Crippen LogP contribution in [0, 0.1) is 0 Å². The molecule has 0 aliphatic carbocycles. The van der Waals surface area contributed by atoms with Crippen LogP contribution in [0.4, 0.5) is 11.4 Å². The molecule has 11 heteroatoms. The van der Waals surface area contributed by atoms with Crippen molar-refractivity contribution in [1.29, 1.82) is 0 Å². The van der Waals surface area contributed by atoms with Gasteiger partial charge in [-0.2, -0.15) is 9.78 Å². The molecule has 0 radical (unpaired) electrons. The number of anilines is 2. The van der Waals surface area contributed by atoms with Crippen LogP contribution < -0.4 is 25.2 Å². The minimum Gasteiger partial charge on any atom is -0.496 e. The summed E-state index contributed by atoms with van der Waals surface area (Å²) in [5.41, 5.74) is 2.68. The van der Waals surface area contributed by atoms with E-state index in [-0.39, 0.29) is 23.9 Å². The maximum Gasteiger partial charge on any atom is 0.282 e. The van der Waals surface area contributed by atoms with Crippen LogP contribution >= 0.6 is 11.6 Å². The van der Waals surface area contributed by atoms with Gasteiger partial charge in [-0.3, -0.25) is 9.59 Å². The maximum atomic E-state index is 13.8. The number of carbonyl (C=O) groups excluding carboxylic acids is 1. The standard InChI is InChI=1S/C34H28ClN5O5/c1-39(2)24-16-11-21(30(17-24)44-20-32(41)37-23-14-12-22(35)13-15-23)19-36-40-33(38-27-8-5-4-7-25(27)34(40)42)31-18-26-28(43-3)9-6-10-29(26)45-31/h4-19H,20H2,1-3H3,(H,37,41). The van der Waals surface area contributed by atoms with Crippen molar-refractivity contribution in [2.45, 2.75) is 0 Å². The van der Waals surface area contributed by atoms with Crippen molar-refractivity contribution in [2.24, 2.45) is 5.10 Å². The molecule has 10 nitrogen and oxygen atoms in total. The van der Waals surface area contributed by atoms with Gasteiger partial charge >= 0.3 is 0 Å². The highest BCUT2D eigenvalue weighted by molar-refractivity contribution is 6.30. The number of nitrogens with one attached hydrogen (secondary N) is 1. The van der Waals surface area contributed by atoms with Gasteiger partial charge in [-0.1, -0.05) is 29.8 Å². The number of ether oxygens (including phenoxy) is 2. The van der Waals surface area contributed by atoms with Gasteiger partial charge in [0.25, 0.3) is 11.5 Å². The summed E-state index contributed by atoms with van der Waals surface area (Å²) in [7, 11) is 5.38. The van der Waals surface area contributed by atoms with Crippen molar-refractivity contribution < 1.29 is 18.7 Å². The smallest absolute Gasteiger partial charge is 0.282 e. The van der Waals surface area contributed by atoms with Crippen LogP contribution in [0.2, 0.25) is 5.02 Å². The van der Waals surface area contributed by atoms with E-state index < -0.39 is 0 Å². The summed E-state index contributed by atoms with van der Waals surface area (Å²) in [6.45, 7) is -0.260. The Bertz CT molecular complexity index is 2120. The van der Waals surface area contributed by atoms with Crippen molar-refractivity contribution in [3.05, 3.63) is 112 Å². The topological polar surface area (TPSA) is 111 Å². The molecule has 0 aliphatic rings. The molecule has 0 aliphatic heterocycles. The van der Waals surface area contributed by atoms with Crippen molar-refractivity contribution in [2.75, 3.05) is 38.0 Å². The first kappa shape index (κ1) is 29.5. The lowest BCUT2D eigenvalue weighted by Crippen LogP contribution is -2.21. The largest absolute Gasteiger partial charge is 0.496 e. The zero-order chi connectivity index (χ0) is 31.5. The molecule has 2 heterocycles. The number of hydrogen-bond donors (Lipinski definition) is 1. The molecule has 0 spiro atoms. The quantitative estimate of drug-likeness (QED) is 0.185. The van der Waals surface area contributed by atoms with E-state index in [0.717, 1.165) is 11.1 Å². The van der Waals surface area contributed by atoms with Gasteiger partial charge < -0.3 is 24.1 Å². The SMILES string of the molecule is COc1cccc2oc(-c3nc4ccccc4c(=O)n3N=Cc3ccc(N(C)C)cc3OCC(=O)Nc3ccc(Cl)cc3)cc12. The molecule has 45 heavy (non-hydrogen) atoms. The third kappa shape index (κ3) is 6.22. The Balaban J connectivity index is 1.38. The van der Waals surface area contributed by atoms with Crippen LogP contribution in [0.1, 0.15) is 5.56 Å². The fraction of sp³-hybridized carbons (Fsp3) is 0.118. The number of benzene rings is 4. The zero-order valence-electron chi connectivity index (χ0n) is 24.7. The van der Waals surface area contributed by atoms with E-state index in [1.165, 1.54) is 10.9 Å². The van der Waals surface area contributed by atoms with E-state index in [9.17, 15) is 9.59 Å². The van der Waals surface area contributed by atoms with Gasteiger partial charge in [-0.05, 0) is 66.7 Å². The molecule has 1 N–H and O–H groups in total. The minimum absolute atomic E-state index is 0.211. The molecule has 226 valence electrons. The lowest BCUT2D eigenvalue weighted by Gasteiger charge is -2.16. The summed E-state index contributed by atoms with van der Waals surface area (Å²) in [4.78, 5) is 33.1. The first-order chi connectivity index (χ1) is 21.8. The van der Waals surface area contributed by atoms with Crippen molar-refractivity contribution in [3.63, 3.8) is 0 Å². The Kier molecular flexibility index (Phi) is 8.22. The number of nitrogens with zero attached hydrogens (tertiary/aromatic N) is 4. The van der Waals surface area contributed by atoms with Crippen LogP contribution in [0.3, 0.4) is 0 Å². The van der Waals surface area contributed by atoms with Crippen LogP contribution in [-0.2, 0) is 4.79 Å². The predicted molar refractivity (Wildman–Crippen MR) is 177 cm³/mol. The molecular formula is C34H28ClN5O5. The number of fused-ring (bicyclic) bond motifs is 2.